The molecule has 0 saturated heterocycles. The molecule has 0 spiro atoms. The van der Waals surface area contributed by atoms with Crippen molar-refractivity contribution in [1.29, 1.82) is 0 Å². The first-order valence-electron chi connectivity index (χ1n) is 5.13. The molecule has 0 radical (unpaired) electrons. The number of furan rings is 1. The van der Waals surface area contributed by atoms with Gasteiger partial charge in [-0.2, -0.15) is 0 Å². The van der Waals surface area contributed by atoms with Crippen LogP contribution in [-0.2, 0) is 0 Å². The third kappa shape index (κ3) is 1.59. The van der Waals surface area contributed by atoms with Crippen LogP contribution in [0.2, 0.25) is 0 Å². The van der Waals surface area contributed by atoms with Crippen LogP contribution in [0.4, 0.5) is 8.78 Å². The predicted molar refractivity (Wildman–Crippen MR) is 58.2 cm³/mol. The molecule has 2 N–H and O–H groups in total. The van der Waals surface area contributed by atoms with Crippen LogP contribution in [-0.4, -0.2) is 6.04 Å². The van der Waals surface area contributed by atoms with E-state index in [9.17, 15) is 8.78 Å². The second-order valence-corrected chi connectivity index (χ2v) is 4.07. The summed E-state index contributed by atoms with van der Waals surface area (Å²) >= 11 is 0. The fourth-order valence-electron chi connectivity index (χ4n) is 1.74. The lowest BCUT2D eigenvalue weighted by atomic mass is 9.93. The lowest BCUT2D eigenvalue weighted by molar-refractivity contribution is 0.506. The van der Waals surface area contributed by atoms with Crippen LogP contribution in [0.25, 0.3) is 11.0 Å². The van der Waals surface area contributed by atoms with E-state index in [4.69, 9.17) is 10.2 Å². The van der Waals surface area contributed by atoms with E-state index in [1.165, 1.54) is 18.4 Å². The van der Waals surface area contributed by atoms with E-state index in [-0.39, 0.29) is 23.1 Å². The molecular formula is C12H13F2NO. The van der Waals surface area contributed by atoms with E-state index >= 15 is 0 Å². The van der Waals surface area contributed by atoms with Crippen LogP contribution < -0.4 is 5.73 Å². The fourth-order valence-corrected chi connectivity index (χ4v) is 1.74. The summed E-state index contributed by atoms with van der Waals surface area (Å²) in [4.78, 5) is 0. The van der Waals surface area contributed by atoms with Gasteiger partial charge in [0.15, 0.2) is 0 Å². The number of hydrogen-bond acceptors (Lipinski definition) is 2. The van der Waals surface area contributed by atoms with Gasteiger partial charge in [0.1, 0.15) is 17.2 Å². The van der Waals surface area contributed by atoms with Crippen molar-refractivity contribution >= 4 is 11.0 Å². The summed E-state index contributed by atoms with van der Waals surface area (Å²) in [5.41, 5.74) is 5.92. The molecule has 2 rings (SSSR count). The molecular weight excluding hydrogens is 212 g/mol. The quantitative estimate of drug-likeness (QED) is 0.852. The van der Waals surface area contributed by atoms with E-state index in [1.54, 1.807) is 13.8 Å². The maximum atomic E-state index is 14.0. The fraction of sp³-hybridized carbons (Fsp3) is 0.333. The van der Waals surface area contributed by atoms with Gasteiger partial charge >= 0.3 is 0 Å². The second-order valence-electron chi connectivity index (χ2n) is 4.07. The van der Waals surface area contributed by atoms with Gasteiger partial charge < -0.3 is 10.2 Å². The average Bonchev–Trinajstić information content (AvgIpc) is 2.65. The summed E-state index contributed by atoms with van der Waals surface area (Å²) < 4.78 is 32.7. The van der Waals surface area contributed by atoms with Crippen LogP contribution in [0.1, 0.15) is 25.3 Å². The Balaban J connectivity index is 2.68. The van der Waals surface area contributed by atoms with Crippen molar-refractivity contribution in [2.45, 2.75) is 25.8 Å². The smallest absolute Gasteiger partial charge is 0.140 e. The van der Waals surface area contributed by atoms with Crippen molar-refractivity contribution < 1.29 is 13.2 Å². The van der Waals surface area contributed by atoms with Crippen LogP contribution in [0.3, 0.4) is 0 Å². The maximum absolute atomic E-state index is 14.0. The minimum absolute atomic E-state index is 0.0314. The first-order chi connectivity index (χ1) is 7.52. The lowest BCUT2D eigenvalue weighted by Crippen LogP contribution is -2.24. The third-order valence-electron chi connectivity index (χ3n) is 2.93. The zero-order chi connectivity index (χ0) is 11.9. The molecule has 0 aliphatic rings. The van der Waals surface area contributed by atoms with Crippen LogP contribution in [0.5, 0.6) is 0 Å². The highest BCUT2D eigenvalue weighted by Crippen LogP contribution is 2.30. The number of nitrogens with two attached hydrogens (primary N) is 1. The number of hydrogen-bond donors (Lipinski definition) is 1. The largest absolute Gasteiger partial charge is 0.464 e. The maximum Gasteiger partial charge on any atom is 0.140 e. The summed E-state index contributed by atoms with van der Waals surface area (Å²) in [6.45, 7) is 3.43. The molecule has 2 nitrogen and oxygen atoms in total. The minimum Gasteiger partial charge on any atom is -0.464 e. The Morgan fingerprint density at radius 3 is 2.62 bits per heavy atom. The first kappa shape index (κ1) is 11.1. The van der Waals surface area contributed by atoms with Crippen molar-refractivity contribution in [1.82, 2.24) is 0 Å². The number of benzene rings is 1. The molecule has 0 aliphatic carbocycles. The molecule has 16 heavy (non-hydrogen) atoms. The molecule has 0 amide bonds. The normalized spacial score (nSPS) is 15.3. The summed E-state index contributed by atoms with van der Waals surface area (Å²) in [7, 11) is 0. The minimum atomic E-state index is -0.607. The monoisotopic (exact) mass is 225 g/mol. The highest BCUT2D eigenvalue weighted by atomic mass is 19.1. The zero-order valence-corrected chi connectivity index (χ0v) is 9.13. The molecule has 0 fully saturated rings. The summed E-state index contributed by atoms with van der Waals surface area (Å²) in [5, 5.41) is 0.295. The van der Waals surface area contributed by atoms with Crippen molar-refractivity contribution in [2.24, 2.45) is 5.73 Å². The standard InChI is InChI=1S/C12H13F2NO/c1-6(7(2)15)11-9(13)5-10-8(12(11)14)3-4-16-10/h3-7H,15H2,1-2H3. The highest BCUT2D eigenvalue weighted by molar-refractivity contribution is 5.79. The Labute approximate surface area is 92.0 Å². The predicted octanol–water partition coefficient (Wildman–Crippen LogP) is 3.16. The van der Waals surface area contributed by atoms with Gasteiger partial charge in [0.05, 0.1) is 11.6 Å². The van der Waals surface area contributed by atoms with Crippen molar-refractivity contribution in [3.8, 4) is 0 Å². The molecule has 86 valence electrons. The Bertz CT molecular complexity index is 519. The molecule has 4 heteroatoms. The molecule has 2 unspecified atom stereocenters. The van der Waals surface area contributed by atoms with Gasteiger partial charge in [0, 0.05) is 23.6 Å². The third-order valence-corrected chi connectivity index (χ3v) is 2.93. The van der Waals surface area contributed by atoms with Crippen molar-refractivity contribution in [3.63, 3.8) is 0 Å². The van der Waals surface area contributed by atoms with Crippen LogP contribution in [0.15, 0.2) is 22.8 Å². The molecule has 0 saturated carbocycles. The molecule has 2 atom stereocenters. The Hall–Kier alpha value is -1.42. The molecule has 1 aromatic heterocycles. The Kier molecular flexibility index (Phi) is 2.68. The number of fused-ring (bicyclic) bond motifs is 1. The SMILES string of the molecule is CC(N)C(C)c1c(F)cc2occc2c1F. The van der Waals surface area contributed by atoms with Crippen molar-refractivity contribution in [3.05, 3.63) is 35.6 Å². The summed E-state index contributed by atoms with van der Waals surface area (Å²) in [6.07, 6.45) is 1.34. The van der Waals surface area contributed by atoms with Gasteiger partial charge in [-0.3, -0.25) is 0 Å². The van der Waals surface area contributed by atoms with Crippen LogP contribution >= 0.6 is 0 Å². The molecule has 0 aliphatic heterocycles. The Morgan fingerprint density at radius 1 is 1.31 bits per heavy atom. The highest BCUT2D eigenvalue weighted by Gasteiger charge is 2.22. The molecule has 1 aromatic carbocycles. The number of rotatable bonds is 2. The van der Waals surface area contributed by atoms with Gasteiger partial charge in [-0.1, -0.05) is 6.92 Å². The summed E-state index contributed by atoms with van der Waals surface area (Å²) in [6, 6.07) is 2.38. The van der Waals surface area contributed by atoms with E-state index in [0.717, 1.165) is 0 Å². The van der Waals surface area contributed by atoms with Gasteiger partial charge in [0.25, 0.3) is 0 Å². The van der Waals surface area contributed by atoms with E-state index in [1.807, 2.05) is 0 Å². The van der Waals surface area contributed by atoms with Gasteiger partial charge in [0.2, 0.25) is 0 Å². The van der Waals surface area contributed by atoms with E-state index < -0.39 is 11.6 Å². The molecule has 0 bridgehead atoms. The topological polar surface area (TPSA) is 39.2 Å². The zero-order valence-electron chi connectivity index (χ0n) is 9.13. The first-order valence-corrected chi connectivity index (χ1v) is 5.13. The van der Waals surface area contributed by atoms with Gasteiger partial charge in [-0.25, -0.2) is 8.78 Å². The van der Waals surface area contributed by atoms with Gasteiger partial charge in [-0.05, 0) is 13.0 Å². The second kappa shape index (κ2) is 3.87. The van der Waals surface area contributed by atoms with Gasteiger partial charge in [-0.15, -0.1) is 0 Å². The molecule has 2 aromatic rings. The number of halogens is 2. The Morgan fingerprint density at radius 2 is 2.00 bits per heavy atom. The van der Waals surface area contributed by atoms with Crippen LogP contribution in [0, 0.1) is 11.6 Å². The average molecular weight is 225 g/mol. The molecule has 1 heterocycles. The van der Waals surface area contributed by atoms with E-state index in [0.29, 0.717) is 5.39 Å². The van der Waals surface area contributed by atoms with Crippen molar-refractivity contribution in [2.75, 3.05) is 0 Å². The van der Waals surface area contributed by atoms with E-state index in [2.05, 4.69) is 0 Å². The summed E-state index contributed by atoms with van der Waals surface area (Å²) in [5.74, 6) is -1.56. The lowest BCUT2D eigenvalue weighted by Gasteiger charge is -2.17.